The molecule has 37 heavy (non-hydrogen) atoms. The van der Waals surface area contributed by atoms with E-state index in [1.165, 1.54) is 6.07 Å². The van der Waals surface area contributed by atoms with Crippen molar-refractivity contribution >= 4 is 11.6 Å². The summed E-state index contributed by atoms with van der Waals surface area (Å²) in [7, 11) is 1.62. The minimum Gasteiger partial charge on any atom is -0.497 e. The lowest BCUT2D eigenvalue weighted by Crippen LogP contribution is -2.35. The Morgan fingerprint density at radius 3 is 2.16 bits per heavy atom. The summed E-state index contributed by atoms with van der Waals surface area (Å²) in [6, 6.07) is 28.0. The zero-order chi connectivity index (χ0) is 26.0. The molecule has 0 aliphatic heterocycles. The summed E-state index contributed by atoms with van der Waals surface area (Å²) < 4.78 is 18.7. The highest BCUT2D eigenvalue weighted by molar-refractivity contribution is 5.94. The van der Waals surface area contributed by atoms with Crippen LogP contribution in [-0.4, -0.2) is 30.8 Å². The zero-order valence-corrected chi connectivity index (χ0v) is 21.0. The molecule has 0 aliphatic rings. The van der Waals surface area contributed by atoms with E-state index in [0.717, 1.165) is 22.7 Å². The van der Waals surface area contributed by atoms with Crippen molar-refractivity contribution in [3.8, 4) is 17.2 Å². The van der Waals surface area contributed by atoms with Gasteiger partial charge < -0.3 is 23.7 Å². The Balaban J connectivity index is 1.43. The highest BCUT2D eigenvalue weighted by atomic mass is 16.5. The van der Waals surface area contributed by atoms with Crippen LogP contribution in [0.15, 0.2) is 102 Å². The summed E-state index contributed by atoms with van der Waals surface area (Å²) in [5.74, 6) is 1.40. The van der Waals surface area contributed by atoms with Gasteiger partial charge in [0.05, 0.1) is 25.9 Å². The fourth-order valence-electron chi connectivity index (χ4n) is 3.91. The Morgan fingerprint density at radius 2 is 1.49 bits per heavy atom. The number of para-hydroxylation sites is 1. The molecule has 0 unspecified atom stereocenters. The van der Waals surface area contributed by atoms with Gasteiger partial charge in [-0.3, -0.25) is 9.59 Å². The molecular weight excluding hydrogens is 468 g/mol. The van der Waals surface area contributed by atoms with Crippen LogP contribution in [0.5, 0.6) is 17.2 Å². The molecule has 0 saturated heterocycles. The van der Waals surface area contributed by atoms with Gasteiger partial charge in [0.25, 0.3) is 5.91 Å². The molecule has 4 aromatic rings. The molecule has 7 heteroatoms. The zero-order valence-electron chi connectivity index (χ0n) is 21.0. The van der Waals surface area contributed by atoms with Crippen LogP contribution in [0.4, 0.5) is 5.69 Å². The number of carbonyl (C=O) groups is 1. The van der Waals surface area contributed by atoms with Gasteiger partial charge in [-0.15, -0.1) is 0 Å². The van der Waals surface area contributed by atoms with Crippen LogP contribution in [0.1, 0.15) is 11.3 Å². The number of hydrogen-bond donors (Lipinski definition) is 0. The van der Waals surface area contributed by atoms with E-state index >= 15 is 0 Å². The number of ether oxygens (including phenoxy) is 3. The van der Waals surface area contributed by atoms with Gasteiger partial charge in [-0.1, -0.05) is 48.5 Å². The molecule has 0 N–H and O–H groups in total. The van der Waals surface area contributed by atoms with Crippen LogP contribution in [0.3, 0.4) is 0 Å². The number of rotatable bonds is 11. The third-order valence-electron chi connectivity index (χ3n) is 5.94. The van der Waals surface area contributed by atoms with Gasteiger partial charge in [0.15, 0.2) is 12.4 Å². The predicted octanol–water partition coefficient (Wildman–Crippen LogP) is 4.86. The molecule has 0 spiro atoms. The summed E-state index contributed by atoms with van der Waals surface area (Å²) in [6.07, 6.45) is 1.70. The van der Waals surface area contributed by atoms with Gasteiger partial charge in [-0.05, 0) is 48.9 Å². The fourth-order valence-corrected chi connectivity index (χ4v) is 3.91. The summed E-state index contributed by atoms with van der Waals surface area (Å²) in [6.45, 7) is 2.84. The Hall–Kier alpha value is -4.52. The Kier molecular flexibility index (Phi) is 8.60. The van der Waals surface area contributed by atoms with Gasteiger partial charge in [0, 0.05) is 18.0 Å². The van der Waals surface area contributed by atoms with Gasteiger partial charge >= 0.3 is 0 Å². The number of benzene rings is 3. The lowest BCUT2D eigenvalue weighted by atomic mass is 10.2. The molecule has 0 bridgehead atoms. The standard InChI is InChI=1S/C30H30N2O5/c1-23-30(28(33)17-18-31(23)19-20-36-27-15-13-26(35-2)14-16-27)37-22-29(34)32(25-11-7-4-8-12-25)21-24-9-5-3-6-10-24/h3-18H,19-22H2,1-2H3. The normalized spacial score (nSPS) is 10.5. The van der Waals surface area contributed by atoms with Crippen molar-refractivity contribution in [3.63, 3.8) is 0 Å². The molecule has 1 heterocycles. The fraction of sp³-hybridized carbons (Fsp3) is 0.200. The first kappa shape index (κ1) is 25.6. The maximum absolute atomic E-state index is 13.3. The number of aromatic nitrogens is 1. The van der Waals surface area contributed by atoms with Gasteiger partial charge in [-0.2, -0.15) is 0 Å². The van der Waals surface area contributed by atoms with Crippen molar-refractivity contribution < 1.29 is 19.0 Å². The molecule has 3 aromatic carbocycles. The Bertz CT molecular complexity index is 1350. The SMILES string of the molecule is COc1ccc(OCCn2ccc(=O)c(OCC(=O)N(Cc3ccccc3)c3ccccc3)c2C)cc1. The molecule has 1 amide bonds. The average molecular weight is 499 g/mol. The third-order valence-corrected chi connectivity index (χ3v) is 5.94. The lowest BCUT2D eigenvalue weighted by molar-refractivity contribution is -0.120. The minimum atomic E-state index is -0.271. The Morgan fingerprint density at radius 1 is 0.838 bits per heavy atom. The van der Waals surface area contributed by atoms with Gasteiger partial charge in [0.1, 0.15) is 18.1 Å². The summed E-state index contributed by atoms with van der Waals surface area (Å²) in [5, 5.41) is 0. The maximum atomic E-state index is 13.3. The van der Waals surface area contributed by atoms with Crippen LogP contribution in [0.2, 0.25) is 0 Å². The predicted molar refractivity (Wildman–Crippen MR) is 143 cm³/mol. The van der Waals surface area contributed by atoms with E-state index < -0.39 is 0 Å². The second-order valence-electron chi connectivity index (χ2n) is 8.40. The molecule has 7 nitrogen and oxygen atoms in total. The first-order chi connectivity index (χ1) is 18.0. The number of methoxy groups -OCH3 is 1. The van der Waals surface area contributed by atoms with Crippen molar-refractivity contribution in [2.45, 2.75) is 20.0 Å². The second kappa shape index (κ2) is 12.4. The number of nitrogens with zero attached hydrogens (tertiary/aromatic N) is 2. The highest BCUT2D eigenvalue weighted by Crippen LogP contribution is 2.19. The number of carbonyl (C=O) groups excluding carboxylic acids is 1. The molecule has 0 aliphatic carbocycles. The third kappa shape index (κ3) is 6.79. The van der Waals surface area contributed by atoms with Crippen molar-refractivity contribution in [1.29, 1.82) is 0 Å². The molecule has 4 rings (SSSR count). The molecule has 0 saturated carbocycles. The van der Waals surface area contributed by atoms with Crippen molar-refractivity contribution in [1.82, 2.24) is 4.57 Å². The highest BCUT2D eigenvalue weighted by Gasteiger charge is 2.18. The Labute approximate surface area is 216 Å². The van der Waals surface area contributed by atoms with E-state index in [0.29, 0.717) is 25.4 Å². The van der Waals surface area contributed by atoms with Crippen LogP contribution in [0, 0.1) is 6.92 Å². The van der Waals surface area contributed by atoms with E-state index in [2.05, 4.69) is 0 Å². The summed E-state index contributed by atoms with van der Waals surface area (Å²) in [5.41, 5.74) is 2.12. The number of pyridine rings is 1. The first-order valence-electron chi connectivity index (χ1n) is 12.0. The summed E-state index contributed by atoms with van der Waals surface area (Å²) in [4.78, 5) is 27.5. The smallest absolute Gasteiger partial charge is 0.265 e. The topological polar surface area (TPSA) is 70.0 Å². The number of anilines is 1. The van der Waals surface area contributed by atoms with E-state index in [9.17, 15) is 9.59 Å². The van der Waals surface area contributed by atoms with Crippen LogP contribution in [-0.2, 0) is 17.9 Å². The van der Waals surface area contributed by atoms with Crippen molar-refractivity contribution in [2.24, 2.45) is 0 Å². The minimum absolute atomic E-state index is 0.160. The molecule has 0 fully saturated rings. The van der Waals surface area contributed by atoms with Crippen LogP contribution in [0.25, 0.3) is 0 Å². The average Bonchev–Trinajstić information content (AvgIpc) is 2.94. The van der Waals surface area contributed by atoms with Crippen LogP contribution >= 0.6 is 0 Å². The first-order valence-corrected chi connectivity index (χ1v) is 12.0. The van der Waals surface area contributed by atoms with Crippen LogP contribution < -0.4 is 24.5 Å². The largest absolute Gasteiger partial charge is 0.497 e. The molecule has 1 aromatic heterocycles. The molecule has 190 valence electrons. The lowest BCUT2D eigenvalue weighted by Gasteiger charge is -2.23. The molecule has 0 radical (unpaired) electrons. The number of amides is 1. The van der Waals surface area contributed by atoms with Crippen molar-refractivity contribution in [2.75, 3.05) is 25.2 Å². The van der Waals surface area contributed by atoms with E-state index in [1.807, 2.05) is 89.5 Å². The monoisotopic (exact) mass is 498 g/mol. The maximum Gasteiger partial charge on any atom is 0.265 e. The number of hydrogen-bond acceptors (Lipinski definition) is 5. The molecule has 0 atom stereocenters. The van der Waals surface area contributed by atoms with E-state index in [4.69, 9.17) is 14.2 Å². The van der Waals surface area contributed by atoms with Crippen molar-refractivity contribution in [3.05, 3.63) is 119 Å². The quantitative estimate of drug-likeness (QED) is 0.296. The van der Waals surface area contributed by atoms with E-state index in [-0.39, 0.29) is 23.7 Å². The van der Waals surface area contributed by atoms with Gasteiger partial charge in [-0.25, -0.2) is 0 Å². The molecular formula is C30H30N2O5. The second-order valence-corrected chi connectivity index (χ2v) is 8.40. The van der Waals surface area contributed by atoms with E-state index in [1.54, 1.807) is 25.1 Å². The van der Waals surface area contributed by atoms with Gasteiger partial charge in [0.2, 0.25) is 5.43 Å². The summed E-state index contributed by atoms with van der Waals surface area (Å²) >= 11 is 0.